The van der Waals surface area contributed by atoms with Crippen molar-refractivity contribution in [3.05, 3.63) is 0 Å². The summed E-state index contributed by atoms with van der Waals surface area (Å²) in [6, 6.07) is 0. The van der Waals surface area contributed by atoms with Crippen LogP contribution in [-0.4, -0.2) is 30.6 Å². The van der Waals surface area contributed by atoms with Gasteiger partial charge in [-0.25, -0.2) is 0 Å². The van der Waals surface area contributed by atoms with Gasteiger partial charge in [0.15, 0.2) is 0 Å². The van der Waals surface area contributed by atoms with Crippen LogP contribution in [-0.2, 0) is 0 Å². The highest BCUT2D eigenvalue weighted by Gasteiger charge is 2.20. The van der Waals surface area contributed by atoms with Gasteiger partial charge in [-0.3, -0.25) is 0 Å². The van der Waals surface area contributed by atoms with E-state index in [0.29, 0.717) is 0 Å². The summed E-state index contributed by atoms with van der Waals surface area (Å²) < 4.78 is 0. The van der Waals surface area contributed by atoms with Gasteiger partial charge < -0.3 is 10.6 Å². The molecule has 0 rings (SSSR count). The fourth-order valence-corrected chi connectivity index (χ4v) is 1.18. The van der Waals surface area contributed by atoms with E-state index in [1.807, 2.05) is 0 Å². The molecule has 0 saturated heterocycles. The molecule has 2 heteroatoms. The van der Waals surface area contributed by atoms with Crippen molar-refractivity contribution in [2.45, 2.75) is 39.2 Å². The second-order valence-electron chi connectivity index (χ2n) is 3.77. The van der Waals surface area contributed by atoms with Gasteiger partial charge in [0, 0.05) is 5.54 Å². The first-order valence-electron chi connectivity index (χ1n) is 4.46. The Balaban J connectivity index is 3.83. The lowest BCUT2D eigenvalue weighted by atomic mass is 9.99. The van der Waals surface area contributed by atoms with E-state index in [-0.39, 0.29) is 5.54 Å². The largest absolute Gasteiger partial charge is 0.330 e. The van der Waals surface area contributed by atoms with Gasteiger partial charge in [-0.05, 0) is 46.8 Å². The quantitative estimate of drug-likeness (QED) is 0.656. The Bertz CT molecular complexity index is 99.7. The third-order valence-electron chi connectivity index (χ3n) is 2.35. The molecule has 0 bridgehead atoms. The molecule has 0 aromatic carbocycles. The van der Waals surface area contributed by atoms with E-state index in [9.17, 15) is 0 Å². The summed E-state index contributed by atoms with van der Waals surface area (Å²) in [6.45, 7) is 8.63. The zero-order chi connectivity index (χ0) is 8.91. The first-order valence-corrected chi connectivity index (χ1v) is 4.46. The van der Waals surface area contributed by atoms with E-state index in [0.717, 1.165) is 19.5 Å². The second-order valence-corrected chi connectivity index (χ2v) is 3.77. The fourth-order valence-electron chi connectivity index (χ4n) is 1.18. The predicted molar refractivity (Wildman–Crippen MR) is 50.7 cm³/mol. The highest BCUT2D eigenvalue weighted by atomic mass is 15.2. The van der Waals surface area contributed by atoms with Crippen molar-refractivity contribution in [2.24, 2.45) is 5.73 Å². The maximum absolute atomic E-state index is 5.52. The predicted octanol–water partition coefficient (Wildman–Crippen LogP) is 1.46. The molecule has 11 heavy (non-hydrogen) atoms. The molecule has 0 aromatic rings. The molecule has 0 aliphatic heterocycles. The van der Waals surface area contributed by atoms with Crippen molar-refractivity contribution in [3.63, 3.8) is 0 Å². The van der Waals surface area contributed by atoms with Crippen LogP contribution in [0.4, 0.5) is 0 Å². The minimum absolute atomic E-state index is 0.269. The van der Waals surface area contributed by atoms with E-state index in [1.54, 1.807) is 0 Å². The Kier molecular flexibility index (Phi) is 4.69. The fraction of sp³-hybridized carbons (Fsp3) is 1.00. The topological polar surface area (TPSA) is 29.3 Å². The Labute approximate surface area is 70.8 Å². The van der Waals surface area contributed by atoms with Gasteiger partial charge in [-0.1, -0.05) is 6.92 Å². The minimum atomic E-state index is 0.269. The van der Waals surface area contributed by atoms with Crippen LogP contribution in [0.1, 0.15) is 33.6 Å². The molecule has 2 N–H and O–H groups in total. The van der Waals surface area contributed by atoms with Crippen molar-refractivity contribution in [3.8, 4) is 0 Å². The van der Waals surface area contributed by atoms with Crippen LogP contribution < -0.4 is 5.73 Å². The number of nitrogens with zero attached hydrogens (tertiary/aromatic N) is 1. The summed E-state index contributed by atoms with van der Waals surface area (Å²) in [5.74, 6) is 0. The third-order valence-corrected chi connectivity index (χ3v) is 2.35. The normalized spacial score (nSPS) is 12.5. The summed E-state index contributed by atoms with van der Waals surface area (Å²) in [4.78, 5) is 2.37. The molecule has 0 unspecified atom stereocenters. The zero-order valence-corrected chi connectivity index (χ0v) is 8.35. The molecule has 0 heterocycles. The van der Waals surface area contributed by atoms with Crippen LogP contribution in [0.2, 0.25) is 0 Å². The standard InChI is InChI=1S/C9H22N2/c1-5-8-11(4)9(2,3)6-7-10/h5-8,10H2,1-4H3. The highest BCUT2D eigenvalue weighted by Crippen LogP contribution is 2.15. The average molecular weight is 158 g/mol. The molecule has 0 spiro atoms. The minimum Gasteiger partial charge on any atom is -0.330 e. The van der Waals surface area contributed by atoms with E-state index < -0.39 is 0 Å². The van der Waals surface area contributed by atoms with Crippen LogP contribution in [0, 0.1) is 0 Å². The van der Waals surface area contributed by atoms with E-state index >= 15 is 0 Å². The van der Waals surface area contributed by atoms with Crippen molar-refractivity contribution < 1.29 is 0 Å². The molecule has 0 aromatic heterocycles. The first kappa shape index (κ1) is 10.9. The van der Waals surface area contributed by atoms with Crippen LogP contribution in [0.5, 0.6) is 0 Å². The smallest absolute Gasteiger partial charge is 0.0162 e. The Morgan fingerprint density at radius 2 is 1.91 bits per heavy atom. The monoisotopic (exact) mass is 158 g/mol. The summed E-state index contributed by atoms with van der Waals surface area (Å²) in [5, 5.41) is 0. The summed E-state index contributed by atoms with van der Waals surface area (Å²) in [5.41, 5.74) is 5.79. The summed E-state index contributed by atoms with van der Waals surface area (Å²) >= 11 is 0. The molecule has 0 atom stereocenters. The number of hydrogen-bond acceptors (Lipinski definition) is 2. The van der Waals surface area contributed by atoms with Gasteiger partial charge in [0.25, 0.3) is 0 Å². The second kappa shape index (κ2) is 4.73. The maximum atomic E-state index is 5.52. The molecule has 68 valence electrons. The van der Waals surface area contributed by atoms with Gasteiger partial charge in [0.1, 0.15) is 0 Å². The van der Waals surface area contributed by atoms with E-state index in [2.05, 4.69) is 32.7 Å². The lowest BCUT2D eigenvalue weighted by Gasteiger charge is -2.35. The number of nitrogens with two attached hydrogens (primary N) is 1. The van der Waals surface area contributed by atoms with Gasteiger partial charge in [-0.2, -0.15) is 0 Å². The van der Waals surface area contributed by atoms with Gasteiger partial charge >= 0.3 is 0 Å². The SMILES string of the molecule is CCCN(C)C(C)(C)CCN. The van der Waals surface area contributed by atoms with Crippen molar-refractivity contribution in [1.82, 2.24) is 4.90 Å². The van der Waals surface area contributed by atoms with Gasteiger partial charge in [-0.15, -0.1) is 0 Å². The molecule has 0 aliphatic carbocycles. The lowest BCUT2D eigenvalue weighted by Crippen LogP contribution is -2.42. The van der Waals surface area contributed by atoms with Crippen LogP contribution in [0.25, 0.3) is 0 Å². The van der Waals surface area contributed by atoms with Gasteiger partial charge in [0.05, 0.1) is 0 Å². The highest BCUT2D eigenvalue weighted by molar-refractivity contribution is 4.78. The van der Waals surface area contributed by atoms with E-state index in [1.165, 1.54) is 6.42 Å². The summed E-state index contributed by atoms with van der Waals surface area (Å²) in [6.07, 6.45) is 2.29. The van der Waals surface area contributed by atoms with Crippen LogP contribution in [0.15, 0.2) is 0 Å². The molecular formula is C9H22N2. The van der Waals surface area contributed by atoms with Crippen LogP contribution >= 0.6 is 0 Å². The number of rotatable bonds is 5. The van der Waals surface area contributed by atoms with Crippen molar-refractivity contribution >= 4 is 0 Å². The average Bonchev–Trinajstić information content (AvgIpc) is 1.88. The van der Waals surface area contributed by atoms with E-state index in [4.69, 9.17) is 5.73 Å². The molecule has 0 amide bonds. The maximum Gasteiger partial charge on any atom is 0.0162 e. The van der Waals surface area contributed by atoms with Crippen molar-refractivity contribution in [1.29, 1.82) is 0 Å². The molecular weight excluding hydrogens is 136 g/mol. The molecule has 2 nitrogen and oxygen atoms in total. The molecule has 0 radical (unpaired) electrons. The van der Waals surface area contributed by atoms with Gasteiger partial charge in [0.2, 0.25) is 0 Å². The first-order chi connectivity index (χ1) is 5.04. The summed E-state index contributed by atoms with van der Waals surface area (Å²) in [7, 11) is 2.17. The number of hydrogen-bond donors (Lipinski definition) is 1. The Morgan fingerprint density at radius 1 is 1.36 bits per heavy atom. The molecule has 0 aliphatic rings. The zero-order valence-electron chi connectivity index (χ0n) is 8.35. The molecule has 0 saturated carbocycles. The van der Waals surface area contributed by atoms with Crippen LogP contribution in [0.3, 0.4) is 0 Å². The lowest BCUT2D eigenvalue weighted by molar-refractivity contribution is 0.148. The Morgan fingerprint density at radius 3 is 2.27 bits per heavy atom. The van der Waals surface area contributed by atoms with Crippen molar-refractivity contribution in [2.75, 3.05) is 20.1 Å². The molecule has 0 fully saturated rings. The third kappa shape index (κ3) is 3.73. The Hall–Kier alpha value is -0.0800.